The Morgan fingerprint density at radius 3 is 2.81 bits per heavy atom. The van der Waals surface area contributed by atoms with E-state index >= 15 is 0 Å². The average molecular weight is 229 g/mol. The van der Waals surface area contributed by atoms with Gasteiger partial charge in [0.2, 0.25) is 0 Å². The summed E-state index contributed by atoms with van der Waals surface area (Å²) in [6.07, 6.45) is 1.33. The molecule has 1 rings (SSSR count). The number of morpholine rings is 1. The molecule has 0 bridgehead atoms. The van der Waals surface area contributed by atoms with Crippen LogP contribution in [0, 0.1) is 5.92 Å². The van der Waals surface area contributed by atoms with Crippen molar-refractivity contribution in [2.45, 2.75) is 45.8 Å². The Hall–Kier alpha value is -0.610. The molecule has 0 saturated carbocycles. The zero-order valence-corrected chi connectivity index (χ0v) is 10.5. The highest BCUT2D eigenvalue weighted by Crippen LogP contribution is 2.09. The highest BCUT2D eigenvalue weighted by Gasteiger charge is 2.19. The number of hydrogen-bond donors (Lipinski definition) is 1. The minimum Gasteiger partial charge on any atom is -0.463 e. The van der Waals surface area contributed by atoms with E-state index in [-0.39, 0.29) is 18.1 Å². The van der Waals surface area contributed by atoms with Crippen molar-refractivity contribution in [1.82, 2.24) is 5.32 Å². The number of carbonyl (C=O) groups excluding carboxylic acids is 1. The second-order valence-corrected chi connectivity index (χ2v) is 4.86. The SMILES string of the molecule is CC(C)CC(C)OC(=O)CC1COCCN1. The topological polar surface area (TPSA) is 47.6 Å². The van der Waals surface area contributed by atoms with E-state index in [1.807, 2.05) is 6.92 Å². The van der Waals surface area contributed by atoms with Crippen LogP contribution in [0.1, 0.15) is 33.6 Å². The normalized spacial score (nSPS) is 23.1. The molecule has 1 fully saturated rings. The Balaban J connectivity index is 2.18. The van der Waals surface area contributed by atoms with Crippen molar-refractivity contribution < 1.29 is 14.3 Å². The Morgan fingerprint density at radius 1 is 1.50 bits per heavy atom. The van der Waals surface area contributed by atoms with Gasteiger partial charge in [-0.25, -0.2) is 0 Å². The first-order valence-corrected chi connectivity index (χ1v) is 6.08. The van der Waals surface area contributed by atoms with Crippen LogP contribution >= 0.6 is 0 Å². The van der Waals surface area contributed by atoms with Crippen LogP contribution in [0.15, 0.2) is 0 Å². The molecule has 0 aromatic rings. The second kappa shape index (κ2) is 6.86. The second-order valence-electron chi connectivity index (χ2n) is 4.86. The Bertz CT molecular complexity index is 212. The van der Waals surface area contributed by atoms with Gasteiger partial charge in [0, 0.05) is 12.6 Å². The predicted molar refractivity (Wildman–Crippen MR) is 62.2 cm³/mol. The largest absolute Gasteiger partial charge is 0.463 e. The van der Waals surface area contributed by atoms with Crippen molar-refractivity contribution >= 4 is 5.97 Å². The van der Waals surface area contributed by atoms with E-state index in [0.29, 0.717) is 18.9 Å². The molecule has 94 valence electrons. The summed E-state index contributed by atoms with van der Waals surface area (Å²) in [5.41, 5.74) is 0. The molecule has 0 spiro atoms. The molecule has 2 unspecified atom stereocenters. The first-order valence-electron chi connectivity index (χ1n) is 6.08. The molecule has 4 nitrogen and oxygen atoms in total. The third kappa shape index (κ3) is 5.47. The highest BCUT2D eigenvalue weighted by molar-refractivity contribution is 5.70. The first kappa shape index (κ1) is 13.5. The Morgan fingerprint density at radius 2 is 2.25 bits per heavy atom. The Labute approximate surface area is 97.7 Å². The summed E-state index contributed by atoms with van der Waals surface area (Å²) in [7, 11) is 0. The smallest absolute Gasteiger partial charge is 0.307 e. The fourth-order valence-corrected chi connectivity index (χ4v) is 1.94. The van der Waals surface area contributed by atoms with Crippen LogP contribution in [0.2, 0.25) is 0 Å². The molecule has 0 radical (unpaired) electrons. The summed E-state index contributed by atoms with van der Waals surface area (Å²) in [5, 5.41) is 3.24. The molecular weight excluding hydrogens is 206 g/mol. The van der Waals surface area contributed by atoms with Gasteiger partial charge in [-0.05, 0) is 19.3 Å². The lowest BCUT2D eigenvalue weighted by Gasteiger charge is -2.24. The number of rotatable bonds is 5. The molecule has 1 aliphatic heterocycles. The zero-order valence-electron chi connectivity index (χ0n) is 10.5. The highest BCUT2D eigenvalue weighted by atomic mass is 16.5. The van der Waals surface area contributed by atoms with Gasteiger partial charge in [-0.1, -0.05) is 13.8 Å². The van der Waals surface area contributed by atoms with Gasteiger partial charge < -0.3 is 14.8 Å². The lowest BCUT2D eigenvalue weighted by Crippen LogP contribution is -2.42. The monoisotopic (exact) mass is 229 g/mol. The number of nitrogens with one attached hydrogen (secondary N) is 1. The maximum Gasteiger partial charge on any atom is 0.307 e. The van der Waals surface area contributed by atoms with E-state index in [1.165, 1.54) is 0 Å². The van der Waals surface area contributed by atoms with Crippen molar-refractivity contribution in [3.05, 3.63) is 0 Å². The first-order chi connectivity index (χ1) is 7.58. The van der Waals surface area contributed by atoms with Crippen molar-refractivity contribution in [3.8, 4) is 0 Å². The molecule has 1 aliphatic rings. The molecule has 0 aromatic heterocycles. The molecule has 1 heterocycles. The third-order valence-corrected chi connectivity index (χ3v) is 2.55. The molecule has 16 heavy (non-hydrogen) atoms. The molecule has 4 heteroatoms. The number of esters is 1. The predicted octanol–water partition coefficient (Wildman–Crippen LogP) is 1.34. The zero-order chi connectivity index (χ0) is 12.0. The van der Waals surface area contributed by atoms with E-state index in [0.717, 1.165) is 19.6 Å². The van der Waals surface area contributed by atoms with Crippen molar-refractivity contribution in [1.29, 1.82) is 0 Å². The minimum atomic E-state index is -0.129. The number of ether oxygens (including phenoxy) is 2. The number of hydrogen-bond acceptors (Lipinski definition) is 4. The van der Waals surface area contributed by atoms with Gasteiger partial charge in [-0.15, -0.1) is 0 Å². The van der Waals surface area contributed by atoms with Crippen LogP contribution in [0.3, 0.4) is 0 Å². The van der Waals surface area contributed by atoms with Crippen LogP contribution in [0.25, 0.3) is 0 Å². The standard InChI is InChI=1S/C12H23NO3/c1-9(2)6-10(3)16-12(14)7-11-8-15-5-4-13-11/h9-11,13H,4-8H2,1-3H3. The summed E-state index contributed by atoms with van der Waals surface area (Å²) in [6, 6.07) is 0.118. The van der Waals surface area contributed by atoms with Crippen LogP contribution in [0.4, 0.5) is 0 Å². The average Bonchev–Trinajstić information content (AvgIpc) is 2.17. The summed E-state index contributed by atoms with van der Waals surface area (Å²) in [5.74, 6) is 0.426. The van der Waals surface area contributed by atoms with Gasteiger partial charge in [0.25, 0.3) is 0 Å². The molecule has 0 aliphatic carbocycles. The van der Waals surface area contributed by atoms with Gasteiger partial charge >= 0.3 is 5.97 Å². The summed E-state index contributed by atoms with van der Waals surface area (Å²) in [4.78, 5) is 11.6. The van der Waals surface area contributed by atoms with E-state index in [4.69, 9.17) is 9.47 Å². The lowest BCUT2D eigenvalue weighted by atomic mass is 10.1. The lowest BCUT2D eigenvalue weighted by molar-refractivity contribution is -0.150. The van der Waals surface area contributed by atoms with Crippen LogP contribution < -0.4 is 5.32 Å². The van der Waals surface area contributed by atoms with E-state index in [2.05, 4.69) is 19.2 Å². The third-order valence-electron chi connectivity index (χ3n) is 2.55. The molecule has 0 amide bonds. The van der Waals surface area contributed by atoms with E-state index in [9.17, 15) is 4.79 Å². The van der Waals surface area contributed by atoms with E-state index in [1.54, 1.807) is 0 Å². The molecule has 0 aromatic carbocycles. The number of carbonyl (C=O) groups is 1. The maximum atomic E-state index is 11.6. The Kier molecular flexibility index (Phi) is 5.77. The molecule has 2 atom stereocenters. The molecule has 1 N–H and O–H groups in total. The quantitative estimate of drug-likeness (QED) is 0.723. The van der Waals surface area contributed by atoms with E-state index < -0.39 is 0 Å². The van der Waals surface area contributed by atoms with Gasteiger partial charge in [0.15, 0.2) is 0 Å². The van der Waals surface area contributed by atoms with Gasteiger partial charge in [0.05, 0.1) is 25.7 Å². The van der Waals surface area contributed by atoms with Crippen LogP contribution in [-0.2, 0) is 14.3 Å². The summed E-state index contributed by atoms with van der Waals surface area (Å²) < 4.78 is 10.6. The summed E-state index contributed by atoms with van der Waals surface area (Å²) in [6.45, 7) is 8.35. The minimum absolute atomic E-state index is 0.0111. The van der Waals surface area contributed by atoms with Crippen molar-refractivity contribution in [3.63, 3.8) is 0 Å². The maximum absolute atomic E-state index is 11.6. The summed E-state index contributed by atoms with van der Waals surface area (Å²) >= 11 is 0. The fourth-order valence-electron chi connectivity index (χ4n) is 1.94. The van der Waals surface area contributed by atoms with Gasteiger partial charge in [0.1, 0.15) is 0 Å². The van der Waals surface area contributed by atoms with Gasteiger partial charge in [-0.2, -0.15) is 0 Å². The molecule has 1 saturated heterocycles. The van der Waals surface area contributed by atoms with Crippen molar-refractivity contribution in [2.75, 3.05) is 19.8 Å². The molecular formula is C12H23NO3. The van der Waals surface area contributed by atoms with Crippen molar-refractivity contribution in [2.24, 2.45) is 5.92 Å². The van der Waals surface area contributed by atoms with Crippen LogP contribution in [-0.4, -0.2) is 37.9 Å². The fraction of sp³-hybridized carbons (Fsp3) is 0.917. The van der Waals surface area contributed by atoms with Crippen LogP contribution in [0.5, 0.6) is 0 Å². The van der Waals surface area contributed by atoms with Gasteiger partial charge in [-0.3, -0.25) is 4.79 Å².